The molecule has 8 heteroatoms. The molecule has 0 saturated carbocycles. The summed E-state index contributed by atoms with van der Waals surface area (Å²) in [7, 11) is 0. The van der Waals surface area contributed by atoms with Gasteiger partial charge in [-0.3, -0.25) is 9.00 Å². The van der Waals surface area contributed by atoms with Crippen molar-refractivity contribution in [2.45, 2.75) is 5.75 Å². The zero-order valence-corrected chi connectivity index (χ0v) is 18.4. The first kappa shape index (κ1) is 21.3. The number of aromatic nitrogens is 2. The molecule has 0 fully saturated rings. The van der Waals surface area contributed by atoms with Gasteiger partial charge in [-0.2, -0.15) is 9.78 Å². The lowest BCUT2D eigenvalue weighted by molar-refractivity contribution is 0.536. The highest BCUT2D eigenvalue weighted by Crippen LogP contribution is 2.30. The molecule has 1 heterocycles. The van der Waals surface area contributed by atoms with Crippen molar-refractivity contribution in [3.63, 3.8) is 0 Å². The van der Waals surface area contributed by atoms with Gasteiger partial charge in [-0.25, -0.2) is 4.39 Å². The Labute approximate surface area is 188 Å². The minimum atomic E-state index is -2.19. The predicted molar refractivity (Wildman–Crippen MR) is 121 cm³/mol. The van der Waals surface area contributed by atoms with Gasteiger partial charge in [0, 0.05) is 15.8 Å². The van der Waals surface area contributed by atoms with Crippen LogP contribution in [0, 0.1) is 5.82 Å². The van der Waals surface area contributed by atoms with Crippen molar-refractivity contribution in [2.75, 3.05) is 0 Å². The Hall–Kier alpha value is -2.94. The third-order valence-electron chi connectivity index (χ3n) is 4.71. The van der Waals surface area contributed by atoms with E-state index in [0.29, 0.717) is 33.5 Å². The molecule has 1 unspecified atom stereocenters. The number of halogens is 2. The molecule has 1 aromatic heterocycles. The van der Waals surface area contributed by atoms with Gasteiger partial charge in [0.05, 0.1) is 17.4 Å². The average Bonchev–Trinajstić information content (AvgIpc) is 2.74. The van der Waals surface area contributed by atoms with Crippen LogP contribution in [0.5, 0.6) is 0 Å². The van der Waals surface area contributed by atoms with Crippen LogP contribution in [0.2, 0.25) is 0 Å². The zero-order chi connectivity index (χ0) is 22.0. The quantitative estimate of drug-likeness (QED) is 0.369. The van der Waals surface area contributed by atoms with Crippen molar-refractivity contribution < 1.29 is 13.2 Å². The molecule has 31 heavy (non-hydrogen) atoms. The largest absolute Gasteiger partial charge is 0.772 e. The van der Waals surface area contributed by atoms with Crippen LogP contribution in [0.15, 0.2) is 88.3 Å². The second-order valence-corrected chi connectivity index (χ2v) is 8.59. The highest BCUT2D eigenvalue weighted by molar-refractivity contribution is 9.10. The number of hydrogen-bond donors (Lipinski definition) is 0. The molecule has 5 nitrogen and oxygen atoms in total. The first-order valence-corrected chi connectivity index (χ1v) is 11.3. The van der Waals surface area contributed by atoms with Crippen LogP contribution >= 0.6 is 15.9 Å². The maximum atomic E-state index is 13.5. The highest BCUT2D eigenvalue weighted by Gasteiger charge is 2.16. The standard InChI is InChI=1S/C23H16BrFN2O3S/c24-18-2-1-3-20(12-18)27-23(28)22(17-8-10-19(25)11-9-17)21(13-26-27)16-6-4-15(5-7-16)14-31(29)30/h1-13H,14H2,(H,29,30)/p-1. The zero-order valence-electron chi connectivity index (χ0n) is 16.0. The van der Waals surface area contributed by atoms with Crippen LogP contribution in [0.25, 0.3) is 27.9 Å². The Morgan fingerprint density at radius 1 is 1.00 bits per heavy atom. The third kappa shape index (κ3) is 4.71. The lowest BCUT2D eigenvalue weighted by atomic mass is 9.96. The van der Waals surface area contributed by atoms with Crippen LogP contribution in [-0.2, 0) is 16.8 Å². The lowest BCUT2D eigenvalue weighted by Gasteiger charge is -2.14. The fourth-order valence-electron chi connectivity index (χ4n) is 3.28. The molecule has 4 rings (SSSR count). The van der Waals surface area contributed by atoms with Crippen LogP contribution in [0.3, 0.4) is 0 Å². The molecule has 0 N–H and O–H groups in total. The molecule has 1 atom stereocenters. The van der Waals surface area contributed by atoms with Crippen LogP contribution in [-0.4, -0.2) is 18.5 Å². The van der Waals surface area contributed by atoms with E-state index in [4.69, 9.17) is 0 Å². The highest BCUT2D eigenvalue weighted by atomic mass is 79.9. The molecule has 4 aromatic rings. The third-order valence-corrected chi connectivity index (χ3v) is 5.78. The minimum absolute atomic E-state index is 0.0895. The van der Waals surface area contributed by atoms with E-state index < -0.39 is 16.9 Å². The Morgan fingerprint density at radius 2 is 1.68 bits per heavy atom. The molecule has 0 saturated heterocycles. The van der Waals surface area contributed by atoms with Crippen molar-refractivity contribution in [3.8, 4) is 27.9 Å². The van der Waals surface area contributed by atoms with E-state index >= 15 is 0 Å². The van der Waals surface area contributed by atoms with Gasteiger partial charge in [0.15, 0.2) is 0 Å². The summed E-state index contributed by atoms with van der Waals surface area (Å²) in [6, 6.07) is 19.8. The molecule has 0 amide bonds. The first-order chi connectivity index (χ1) is 14.9. The van der Waals surface area contributed by atoms with E-state index in [1.807, 2.05) is 6.07 Å². The van der Waals surface area contributed by atoms with Crippen molar-refractivity contribution in [1.29, 1.82) is 0 Å². The predicted octanol–water partition coefficient (Wildman–Crippen LogP) is 4.85. The van der Waals surface area contributed by atoms with E-state index in [1.54, 1.807) is 60.8 Å². The van der Waals surface area contributed by atoms with E-state index in [9.17, 15) is 17.9 Å². The van der Waals surface area contributed by atoms with Gasteiger partial charge in [-0.15, -0.1) is 0 Å². The number of nitrogens with zero attached hydrogens (tertiary/aromatic N) is 2. The lowest BCUT2D eigenvalue weighted by Crippen LogP contribution is -2.23. The molecule has 0 radical (unpaired) electrons. The molecular formula is C23H15BrFN2O3S-. The van der Waals surface area contributed by atoms with E-state index in [2.05, 4.69) is 21.0 Å². The summed E-state index contributed by atoms with van der Waals surface area (Å²) in [6.45, 7) is 0. The number of rotatable bonds is 5. The van der Waals surface area contributed by atoms with Crippen molar-refractivity contribution >= 4 is 27.0 Å². The van der Waals surface area contributed by atoms with Gasteiger partial charge in [0.25, 0.3) is 5.56 Å². The van der Waals surface area contributed by atoms with Crippen molar-refractivity contribution in [2.24, 2.45) is 0 Å². The van der Waals surface area contributed by atoms with E-state index in [0.717, 1.165) is 4.47 Å². The van der Waals surface area contributed by atoms with Crippen LogP contribution in [0.4, 0.5) is 4.39 Å². The van der Waals surface area contributed by atoms with Gasteiger partial charge in [0.2, 0.25) is 0 Å². The Balaban J connectivity index is 1.91. The second-order valence-electron chi connectivity index (χ2n) is 6.78. The fourth-order valence-corrected chi connectivity index (χ4v) is 4.13. The molecule has 0 aliphatic carbocycles. The molecule has 0 spiro atoms. The first-order valence-electron chi connectivity index (χ1n) is 9.22. The average molecular weight is 498 g/mol. The Kier molecular flexibility index (Phi) is 6.22. The topological polar surface area (TPSA) is 75.0 Å². The minimum Gasteiger partial charge on any atom is -0.772 e. The summed E-state index contributed by atoms with van der Waals surface area (Å²) < 4.78 is 37.5. The number of hydrogen-bond acceptors (Lipinski definition) is 4. The molecular weight excluding hydrogens is 483 g/mol. The molecule has 0 aliphatic heterocycles. The van der Waals surface area contributed by atoms with Gasteiger partial charge in [-0.1, -0.05) is 69.5 Å². The van der Waals surface area contributed by atoms with Crippen molar-refractivity contribution in [1.82, 2.24) is 9.78 Å². The normalized spacial score (nSPS) is 12.0. The summed E-state index contributed by atoms with van der Waals surface area (Å²) in [5, 5.41) is 4.35. The maximum absolute atomic E-state index is 13.5. The summed E-state index contributed by atoms with van der Waals surface area (Å²) >= 11 is 1.21. The van der Waals surface area contributed by atoms with E-state index in [-0.39, 0.29) is 11.3 Å². The summed E-state index contributed by atoms with van der Waals surface area (Å²) in [4.78, 5) is 13.5. The summed E-state index contributed by atoms with van der Waals surface area (Å²) in [6.07, 6.45) is 1.59. The number of benzene rings is 3. The molecule has 0 aliphatic rings. The maximum Gasteiger partial charge on any atom is 0.279 e. The molecule has 3 aromatic carbocycles. The Morgan fingerprint density at radius 3 is 2.32 bits per heavy atom. The van der Waals surface area contributed by atoms with Crippen molar-refractivity contribution in [3.05, 3.63) is 105 Å². The van der Waals surface area contributed by atoms with Gasteiger partial charge >= 0.3 is 0 Å². The summed E-state index contributed by atoms with van der Waals surface area (Å²) in [5.41, 5.74) is 3.06. The van der Waals surface area contributed by atoms with Gasteiger partial charge < -0.3 is 4.55 Å². The van der Waals surface area contributed by atoms with Crippen LogP contribution < -0.4 is 5.56 Å². The Bertz CT molecular complexity index is 1320. The fraction of sp³-hybridized carbons (Fsp3) is 0.0435. The monoisotopic (exact) mass is 497 g/mol. The smallest absolute Gasteiger partial charge is 0.279 e. The SMILES string of the molecule is O=c1c(-c2ccc(F)cc2)c(-c2ccc(CS(=O)[O-])cc2)cnn1-c1cccc(Br)c1. The van der Waals surface area contributed by atoms with E-state index in [1.165, 1.54) is 16.8 Å². The van der Waals surface area contributed by atoms with Crippen LogP contribution in [0.1, 0.15) is 5.56 Å². The van der Waals surface area contributed by atoms with Gasteiger partial charge in [-0.05, 0) is 47.0 Å². The molecule has 0 bridgehead atoms. The van der Waals surface area contributed by atoms with Gasteiger partial charge in [0.1, 0.15) is 5.82 Å². The molecule has 156 valence electrons. The second kappa shape index (κ2) is 9.05. The summed E-state index contributed by atoms with van der Waals surface area (Å²) in [5.74, 6) is -0.491.